The van der Waals surface area contributed by atoms with E-state index in [1.165, 1.54) is 4.88 Å². The summed E-state index contributed by atoms with van der Waals surface area (Å²) in [6.45, 7) is 4.93. The lowest BCUT2D eigenvalue weighted by atomic mass is 9.99. The van der Waals surface area contributed by atoms with Crippen LogP contribution in [-0.4, -0.2) is 34.9 Å². The largest absolute Gasteiger partial charge is 0.320 e. The van der Waals surface area contributed by atoms with Gasteiger partial charge in [0.1, 0.15) is 6.17 Å². The van der Waals surface area contributed by atoms with Gasteiger partial charge in [0.25, 0.3) is 0 Å². The molecular weight excluding hydrogens is 276 g/mol. The van der Waals surface area contributed by atoms with Gasteiger partial charge in [0.15, 0.2) is 0 Å². The molecule has 2 rings (SSSR count). The zero-order chi connectivity index (χ0) is 13.9. The van der Waals surface area contributed by atoms with E-state index < -0.39 is 5.54 Å². The second-order valence-corrected chi connectivity index (χ2v) is 7.06. The maximum Gasteiger partial charge on any atom is 0.244 e. The number of rotatable bonds is 6. The second kappa shape index (κ2) is 6.29. The van der Waals surface area contributed by atoms with E-state index in [9.17, 15) is 4.79 Å². The molecule has 5 heteroatoms. The molecule has 1 saturated heterocycles. The van der Waals surface area contributed by atoms with E-state index in [4.69, 9.17) is 0 Å². The van der Waals surface area contributed by atoms with E-state index in [2.05, 4.69) is 29.9 Å². The highest BCUT2D eigenvalue weighted by Gasteiger charge is 2.47. The Labute approximate surface area is 123 Å². The van der Waals surface area contributed by atoms with Crippen LogP contribution in [0, 0.1) is 0 Å². The molecule has 2 heterocycles. The lowest BCUT2D eigenvalue weighted by molar-refractivity contribution is -0.133. The van der Waals surface area contributed by atoms with Gasteiger partial charge < -0.3 is 4.90 Å². The maximum atomic E-state index is 12.6. The van der Waals surface area contributed by atoms with Gasteiger partial charge in [-0.25, -0.2) is 0 Å². The molecule has 0 bridgehead atoms. The zero-order valence-electron chi connectivity index (χ0n) is 11.8. The average Bonchev–Trinajstić information content (AvgIpc) is 3.01. The molecule has 2 unspecified atom stereocenters. The summed E-state index contributed by atoms with van der Waals surface area (Å²) in [4.78, 5) is 15.9. The van der Waals surface area contributed by atoms with Crippen LogP contribution in [0.25, 0.3) is 0 Å². The van der Waals surface area contributed by atoms with Crippen molar-refractivity contribution < 1.29 is 4.79 Å². The van der Waals surface area contributed by atoms with Crippen LogP contribution in [0.15, 0.2) is 17.5 Å². The number of thiophene rings is 1. The van der Waals surface area contributed by atoms with Crippen molar-refractivity contribution in [1.82, 2.24) is 10.2 Å². The summed E-state index contributed by atoms with van der Waals surface area (Å²) in [6.07, 6.45) is 4.04. The van der Waals surface area contributed by atoms with E-state index in [1.807, 2.05) is 29.7 Å². The van der Waals surface area contributed by atoms with Gasteiger partial charge in [0.2, 0.25) is 5.91 Å². The summed E-state index contributed by atoms with van der Waals surface area (Å²) in [5.74, 6) is 1.35. The molecule has 0 saturated carbocycles. The van der Waals surface area contributed by atoms with Gasteiger partial charge in [-0.05, 0) is 43.2 Å². The number of nitrogens with zero attached hydrogens (tertiary/aromatic N) is 1. The Morgan fingerprint density at radius 1 is 1.58 bits per heavy atom. The van der Waals surface area contributed by atoms with E-state index >= 15 is 0 Å². The number of amides is 1. The maximum absolute atomic E-state index is 12.6. The molecule has 1 aromatic rings. The lowest BCUT2D eigenvalue weighted by Crippen LogP contribution is -2.43. The molecule has 0 spiro atoms. The summed E-state index contributed by atoms with van der Waals surface area (Å²) in [7, 11) is 0. The van der Waals surface area contributed by atoms with Crippen LogP contribution >= 0.6 is 23.1 Å². The van der Waals surface area contributed by atoms with Crippen LogP contribution in [0.3, 0.4) is 0 Å². The third-order valence-electron chi connectivity index (χ3n) is 3.77. The average molecular weight is 298 g/mol. The van der Waals surface area contributed by atoms with E-state index in [0.29, 0.717) is 0 Å². The van der Waals surface area contributed by atoms with Crippen molar-refractivity contribution in [3.05, 3.63) is 22.4 Å². The molecule has 0 aliphatic carbocycles. The lowest BCUT2D eigenvalue weighted by Gasteiger charge is -2.23. The minimum absolute atomic E-state index is 0.0549. The highest BCUT2D eigenvalue weighted by atomic mass is 32.2. The highest BCUT2D eigenvalue weighted by molar-refractivity contribution is 7.98. The minimum atomic E-state index is -0.409. The molecule has 1 aliphatic heterocycles. The summed E-state index contributed by atoms with van der Waals surface area (Å²) in [5, 5.41) is 5.60. The fraction of sp³-hybridized carbons (Fsp3) is 0.643. The Morgan fingerprint density at radius 2 is 2.37 bits per heavy atom. The van der Waals surface area contributed by atoms with Crippen LogP contribution in [-0.2, 0) is 4.79 Å². The third kappa shape index (κ3) is 2.98. The molecule has 2 atom stereocenters. The first-order valence-corrected chi connectivity index (χ1v) is 9.01. The Hall–Kier alpha value is -0.520. The van der Waals surface area contributed by atoms with Crippen LogP contribution in [0.4, 0.5) is 0 Å². The molecule has 1 aliphatic rings. The Balaban J connectivity index is 2.17. The zero-order valence-corrected chi connectivity index (χ0v) is 13.4. The summed E-state index contributed by atoms with van der Waals surface area (Å²) >= 11 is 3.55. The van der Waals surface area contributed by atoms with E-state index in [1.54, 1.807) is 11.3 Å². The van der Waals surface area contributed by atoms with Gasteiger partial charge in [0, 0.05) is 11.4 Å². The molecule has 0 radical (unpaired) electrons. The van der Waals surface area contributed by atoms with Gasteiger partial charge >= 0.3 is 0 Å². The molecule has 1 amide bonds. The standard InChI is InChI=1S/C14H22N2OS2/c1-4-14(2)13(17)16(8-6-9-18-3)12(15-14)11-7-5-10-19-11/h5,7,10,12,15H,4,6,8-9H2,1-3H3. The molecule has 1 aromatic heterocycles. The van der Waals surface area contributed by atoms with Crippen molar-refractivity contribution in [2.45, 2.75) is 38.4 Å². The van der Waals surface area contributed by atoms with Crippen molar-refractivity contribution in [2.24, 2.45) is 0 Å². The predicted octanol–water partition coefficient (Wildman–Crippen LogP) is 3.10. The number of carbonyl (C=O) groups excluding carboxylic acids is 1. The van der Waals surface area contributed by atoms with Crippen LogP contribution in [0.1, 0.15) is 37.7 Å². The Morgan fingerprint density at radius 3 is 2.95 bits per heavy atom. The van der Waals surface area contributed by atoms with Crippen molar-refractivity contribution >= 4 is 29.0 Å². The fourth-order valence-electron chi connectivity index (χ4n) is 2.41. The van der Waals surface area contributed by atoms with Crippen molar-refractivity contribution in [2.75, 3.05) is 18.6 Å². The molecule has 0 aromatic carbocycles. The van der Waals surface area contributed by atoms with Gasteiger partial charge in [-0.15, -0.1) is 11.3 Å². The number of nitrogens with one attached hydrogen (secondary N) is 1. The molecule has 3 nitrogen and oxygen atoms in total. The van der Waals surface area contributed by atoms with Crippen LogP contribution < -0.4 is 5.32 Å². The van der Waals surface area contributed by atoms with Gasteiger partial charge in [-0.2, -0.15) is 11.8 Å². The summed E-state index contributed by atoms with van der Waals surface area (Å²) < 4.78 is 0. The quantitative estimate of drug-likeness (QED) is 0.819. The molecular formula is C14H22N2OS2. The van der Waals surface area contributed by atoms with Crippen molar-refractivity contribution in [3.8, 4) is 0 Å². The number of thioether (sulfide) groups is 1. The SMILES string of the molecule is CCC1(C)NC(c2cccs2)N(CCCSC)C1=O. The van der Waals surface area contributed by atoms with Crippen molar-refractivity contribution in [3.63, 3.8) is 0 Å². The Kier molecular flexibility index (Phi) is 4.92. The van der Waals surface area contributed by atoms with Crippen molar-refractivity contribution in [1.29, 1.82) is 0 Å². The monoisotopic (exact) mass is 298 g/mol. The first-order valence-electron chi connectivity index (χ1n) is 6.73. The van der Waals surface area contributed by atoms with Gasteiger partial charge in [-0.1, -0.05) is 13.0 Å². The van der Waals surface area contributed by atoms with Gasteiger partial charge in [-0.3, -0.25) is 10.1 Å². The highest BCUT2D eigenvalue weighted by Crippen LogP contribution is 2.34. The number of carbonyl (C=O) groups is 1. The van der Waals surface area contributed by atoms with E-state index in [-0.39, 0.29) is 12.1 Å². The van der Waals surface area contributed by atoms with E-state index in [0.717, 1.165) is 25.1 Å². The first-order chi connectivity index (χ1) is 9.12. The normalized spacial score (nSPS) is 27.2. The molecule has 19 heavy (non-hydrogen) atoms. The topological polar surface area (TPSA) is 32.3 Å². The third-order valence-corrected chi connectivity index (χ3v) is 5.39. The molecule has 106 valence electrons. The number of hydrogen-bond acceptors (Lipinski definition) is 4. The summed E-state index contributed by atoms with van der Waals surface area (Å²) in [5.41, 5.74) is -0.409. The summed E-state index contributed by atoms with van der Waals surface area (Å²) in [6, 6.07) is 4.16. The van der Waals surface area contributed by atoms with Crippen LogP contribution in [0.2, 0.25) is 0 Å². The number of hydrogen-bond donors (Lipinski definition) is 1. The fourth-order valence-corrected chi connectivity index (χ4v) is 3.61. The Bertz CT molecular complexity index is 421. The second-order valence-electron chi connectivity index (χ2n) is 5.09. The van der Waals surface area contributed by atoms with Gasteiger partial charge in [0.05, 0.1) is 5.54 Å². The molecule has 1 N–H and O–H groups in total. The molecule has 1 fully saturated rings. The minimum Gasteiger partial charge on any atom is -0.320 e. The van der Waals surface area contributed by atoms with Crippen LogP contribution in [0.5, 0.6) is 0 Å². The smallest absolute Gasteiger partial charge is 0.244 e. The first kappa shape index (κ1) is 14.9. The predicted molar refractivity (Wildman–Crippen MR) is 83.6 cm³/mol.